The number of rotatable bonds is 5. The number of amides is 1. The first-order valence-corrected chi connectivity index (χ1v) is 9.97. The van der Waals surface area contributed by atoms with Gasteiger partial charge in [-0.15, -0.1) is 0 Å². The fraction of sp³-hybridized carbons (Fsp3) is 0.261. The molecule has 1 aliphatic rings. The van der Waals surface area contributed by atoms with Gasteiger partial charge in [-0.3, -0.25) is 19.4 Å². The lowest BCUT2D eigenvalue weighted by molar-refractivity contribution is -0.150. The Hall–Kier alpha value is -3.29. The van der Waals surface area contributed by atoms with Crippen molar-refractivity contribution in [3.8, 4) is 0 Å². The predicted molar refractivity (Wildman–Crippen MR) is 116 cm³/mol. The third-order valence-corrected chi connectivity index (χ3v) is 5.25. The molecule has 3 aromatic rings. The summed E-state index contributed by atoms with van der Waals surface area (Å²) >= 11 is 0. The van der Waals surface area contributed by atoms with Gasteiger partial charge in [-0.05, 0) is 47.4 Å². The highest BCUT2D eigenvalue weighted by atomic mass is 16.7. The molecule has 0 fully saturated rings. The van der Waals surface area contributed by atoms with Gasteiger partial charge in [0.15, 0.2) is 0 Å². The van der Waals surface area contributed by atoms with Crippen LogP contribution in [0.1, 0.15) is 34.0 Å². The number of hydrogen-bond donors (Lipinski definition) is 2. The van der Waals surface area contributed by atoms with Crippen molar-refractivity contribution in [3.63, 3.8) is 0 Å². The summed E-state index contributed by atoms with van der Waals surface area (Å²) in [5, 5.41) is 4.48. The number of nitrogens with zero attached hydrogens (tertiary/aromatic N) is 2. The molecule has 2 aromatic heterocycles. The first-order chi connectivity index (χ1) is 14.6. The molecule has 30 heavy (non-hydrogen) atoms. The summed E-state index contributed by atoms with van der Waals surface area (Å²) in [5.41, 5.74) is 5.93. The molecule has 0 atom stereocenters. The van der Waals surface area contributed by atoms with Crippen molar-refractivity contribution < 1.29 is 9.63 Å². The van der Waals surface area contributed by atoms with Gasteiger partial charge in [-0.1, -0.05) is 25.1 Å². The third-order valence-electron chi connectivity index (χ3n) is 5.25. The highest BCUT2D eigenvalue weighted by Crippen LogP contribution is 2.21. The fourth-order valence-corrected chi connectivity index (χ4v) is 3.50. The molecular formula is C23H24N4O3. The summed E-state index contributed by atoms with van der Waals surface area (Å²) in [6, 6.07) is 11.3. The second-order valence-corrected chi connectivity index (χ2v) is 7.24. The van der Waals surface area contributed by atoms with Crippen LogP contribution >= 0.6 is 0 Å². The topological polar surface area (TPSA) is 87.3 Å². The molecule has 7 nitrogen and oxygen atoms in total. The number of carbonyl (C=O) groups excluding carboxylic acids is 1. The molecular weight excluding hydrogens is 380 g/mol. The molecule has 0 bridgehead atoms. The predicted octanol–water partition coefficient (Wildman–Crippen LogP) is 2.68. The Bertz CT molecular complexity index is 1170. The minimum Gasteiger partial charge on any atom is -0.355 e. The number of carbonyl (C=O) groups is 1. The van der Waals surface area contributed by atoms with E-state index in [1.165, 1.54) is 0 Å². The number of fused-ring (bicyclic) bond motifs is 1. The maximum atomic E-state index is 12.1. The molecule has 0 saturated heterocycles. The van der Waals surface area contributed by atoms with Crippen LogP contribution in [0.25, 0.3) is 16.6 Å². The van der Waals surface area contributed by atoms with Crippen molar-refractivity contribution in [2.24, 2.45) is 0 Å². The lowest BCUT2D eigenvalue weighted by Crippen LogP contribution is -2.28. The molecule has 2 N–H and O–H groups in total. The van der Waals surface area contributed by atoms with Crippen molar-refractivity contribution in [3.05, 3.63) is 81.3 Å². The molecule has 0 spiro atoms. The molecule has 0 aliphatic carbocycles. The van der Waals surface area contributed by atoms with Gasteiger partial charge in [0.2, 0.25) is 0 Å². The van der Waals surface area contributed by atoms with E-state index in [4.69, 9.17) is 4.84 Å². The van der Waals surface area contributed by atoms with E-state index < -0.39 is 0 Å². The number of aromatic amines is 1. The number of H-pyrrole nitrogens is 1. The van der Waals surface area contributed by atoms with Crippen LogP contribution in [0.5, 0.6) is 0 Å². The molecule has 3 heterocycles. The zero-order valence-corrected chi connectivity index (χ0v) is 17.1. The lowest BCUT2D eigenvalue weighted by Gasteiger charge is -2.26. The molecule has 154 valence electrons. The number of hydroxylamine groups is 2. The Labute approximate surface area is 174 Å². The molecule has 1 aliphatic heterocycles. The average molecular weight is 404 g/mol. The normalized spacial score (nSPS) is 14.5. The van der Waals surface area contributed by atoms with Crippen LogP contribution in [0.3, 0.4) is 0 Å². The minimum atomic E-state index is -0.0992. The Morgan fingerprint density at radius 1 is 1.27 bits per heavy atom. The van der Waals surface area contributed by atoms with Gasteiger partial charge < -0.3 is 10.3 Å². The van der Waals surface area contributed by atoms with Crippen LogP contribution < -0.4 is 10.9 Å². The number of aromatic nitrogens is 2. The largest absolute Gasteiger partial charge is 0.355 e. The van der Waals surface area contributed by atoms with Gasteiger partial charge >= 0.3 is 0 Å². The SMILES string of the molecule is CCc1cc2ncc(CN3CC=C(c4ccc(C(=O)NC)cc4)CO3)cc2[nH]c1=O. The zero-order chi connectivity index (χ0) is 21.1. The number of pyridine rings is 2. The van der Waals surface area contributed by atoms with E-state index in [1.807, 2.05) is 54.6 Å². The first-order valence-electron chi connectivity index (χ1n) is 9.97. The summed E-state index contributed by atoms with van der Waals surface area (Å²) in [4.78, 5) is 37.0. The van der Waals surface area contributed by atoms with E-state index in [9.17, 15) is 9.59 Å². The molecule has 4 rings (SSSR count). The average Bonchev–Trinajstić information content (AvgIpc) is 2.78. The summed E-state index contributed by atoms with van der Waals surface area (Å²) in [6.07, 6.45) is 4.63. The quantitative estimate of drug-likeness (QED) is 0.683. The van der Waals surface area contributed by atoms with E-state index in [0.717, 1.165) is 33.3 Å². The van der Waals surface area contributed by atoms with Crippen LogP contribution in [0.2, 0.25) is 0 Å². The lowest BCUT2D eigenvalue weighted by atomic mass is 10.0. The van der Waals surface area contributed by atoms with E-state index >= 15 is 0 Å². The maximum absolute atomic E-state index is 12.1. The van der Waals surface area contributed by atoms with Gasteiger partial charge in [-0.25, -0.2) is 0 Å². The fourth-order valence-electron chi connectivity index (χ4n) is 3.50. The summed E-state index contributed by atoms with van der Waals surface area (Å²) in [7, 11) is 1.62. The van der Waals surface area contributed by atoms with Gasteiger partial charge in [0.25, 0.3) is 11.5 Å². The van der Waals surface area contributed by atoms with Crippen molar-refractivity contribution >= 4 is 22.5 Å². The van der Waals surface area contributed by atoms with Crippen molar-refractivity contribution in [1.82, 2.24) is 20.3 Å². The zero-order valence-electron chi connectivity index (χ0n) is 17.1. The standard InChI is InChI=1S/C23H24N4O3/c1-3-16-11-20-21(26-23(16)29)10-15(12-25-20)13-27-9-8-19(14-30-27)17-4-6-18(7-5-17)22(28)24-2/h4-8,10-12H,3,9,13-14H2,1-2H3,(H,24,28)(H,26,29). The Morgan fingerprint density at radius 3 is 2.73 bits per heavy atom. The number of benzene rings is 1. The third kappa shape index (κ3) is 4.17. The van der Waals surface area contributed by atoms with Crippen molar-refractivity contribution in [1.29, 1.82) is 0 Å². The van der Waals surface area contributed by atoms with E-state index in [-0.39, 0.29) is 11.5 Å². The van der Waals surface area contributed by atoms with E-state index in [1.54, 1.807) is 7.05 Å². The molecule has 1 aromatic carbocycles. The van der Waals surface area contributed by atoms with Crippen molar-refractivity contribution in [2.75, 3.05) is 20.2 Å². The number of nitrogens with one attached hydrogen (secondary N) is 2. The van der Waals surface area contributed by atoms with Crippen LogP contribution in [-0.4, -0.2) is 41.1 Å². The second-order valence-electron chi connectivity index (χ2n) is 7.24. The Kier molecular flexibility index (Phi) is 5.74. The molecule has 7 heteroatoms. The van der Waals surface area contributed by atoms with E-state index in [0.29, 0.717) is 31.7 Å². The molecule has 0 radical (unpaired) electrons. The Balaban J connectivity index is 1.44. The molecule has 0 unspecified atom stereocenters. The summed E-state index contributed by atoms with van der Waals surface area (Å²) in [5.74, 6) is -0.0992. The first kappa shape index (κ1) is 20.0. The van der Waals surface area contributed by atoms with Crippen LogP contribution in [0.15, 0.2) is 53.5 Å². The van der Waals surface area contributed by atoms with E-state index in [2.05, 4.69) is 21.4 Å². The van der Waals surface area contributed by atoms with Gasteiger partial charge in [0.1, 0.15) is 0 Å². The highest BCUT2D eigenvalue weighted by Gasteiger charge is 2.15. The van der Waals surface area contributed by atoms with Crippen LogP contribution in [-0.2, 0) is 17.8 Å². The van der Waals surface area contributed by atoms with Gasteiger partial charge in [0, 0.05) is 30.9 Å². The minimum absolute atomic E-state index is 0.0619. The Morgan fingerprint density at radius 2 is 2.07 bits per heavy atom. The van der Waals surface area contributed by atoms with Crippen LogP contribution in [0.4, 0.5) is 0 Å². The maximum Gasteiger partial charge on any atom is 0.251 e. The molecule has 1 amide bonds. The second kappa shape index (κ2) is 8.61. The van der Waals surface area contributed by atoms with Gasteiger partial charge in [0.05, 0.1) is 24.2 Å². The summed E-state index contributed by atoms with van der Waals surface area (Å²) < 4.78 is 0. The molecule has 0 saturated carbocycles. The van der Waals surface area contributed by atoms with Crippen molar-refractivity contribution in [2.45, 2.75) is 19.9 Å². The monoisotopic (exact) mass is 404 g/mol. The smallest absolute Gasteiger partial charge is 0.251 e. The van der Waals surface area contributed by atoms with Gasteiger partial charge in [-0.2, -0.15) is 5.06 Å². The van der Waals surface area contributed by atoms with Crippen LogP contribution in [0, 0.1) is 0 Å². The number of hydrogen-bond acceptors (Lipinski definition) is 5. The number of aryl methyl sites for hydroxylation is 1. The summed E-state index contributed by atoms with van der Waals surface area (Å²) in [6.45, 7) is 3.61. The highest BCUT2D eigenvalue weighted by molar-refractivity contribution is 5.94.